The van der Waals surface area contributed by atoms with Crippen LogP contribution in [0.15, 0.2) is 24.3 Å². The summed E-state index contributed by atoms with van der Waals surface area (Å²) >= 11 is -3.34. The minimum atomic E-state index is -3.34. The Hall–Kier alpha value is -1.56. The molecule has 0 bridgehead atoms. The Bertz CT molecular complexity index is 703. The summed E-state index contributed by atoms with van der Waals surface area (Å²) in [5.74, 6) is 0.679. The maximum absolute atomic E-state index is 12.1. The molecule has 10 heteroatoms. The van der Waals surface area contributed by atoms with E-state index in [1.807, 2.05) is 45.0 Å². The molecule has 2 N–H and O–H groups in total. The zero-order valence-electron chi connectivity index (χ0n) is 18.3. The summed E-state index contributed by atoms with van der Waals surface area (Å²) < 4.78 is 45.5. The third-order valence-corrected chi connectivity index (χ3v) is 5.88. The average molecular weight is 460 g/mol. The van der Waals surface area contributed by atoms with Crippen LogP contribution >= 0.6 is 11.2 Å². The molecule has 0 aromatic heterocycles. The van der Waals surface area contributed by atoms with Gasteiger partial charge in [-0.2, -0.15) is 0 Å². The third kappa shape index (κ3) is 7.81. The van der Waals surface area contributed by atoms with E-state index in [1.165, 1.54) is 0 Å². The fourth-order valence-corrected chi connectivity index (χ4v) is 4.11. The smallest absolute Gasteiger partial charge is 0.410 e. The zero-order valence-corrected chi connectivity index (χ0v) is 19.1. The number of rotatable bonds is 6. The Morgan fingerprint density at radius 1 is 1.10 bits per heavy atom. The number of benzene rings is 1. The lowest BCUT2D eigenvalue weighted by Gasteiger charge is -2.33. The summed E-state index contributed by atoms with van der Waals surface area (Å²) in [4.78, 5) is 13.8. The molecule has 31 heavy (non-hydrogen) atoms. The van der Waals surface area contributed by atoms with Crippen LogP contribution in [-0.2, 0) is 17.8 Å². The zero-order chi connectivity index (χ0) is 22.5. The van der Waals surface area contributed by atoms with Crippen molar-refractivity contribution in [1.82, 2.24) is 4.90 Å². The SMILES string of the molecule is CC(C)(C)OC(=O)N1CCC(OCCOc2ccc(C3COS(O)(O)OC3)cc2)CC1. The molecule has 0 saturated carbocycles. The summed E-state index contributed by atoms with van der Waals surface area (Å²) in [5, 5.41) is 0. The molecule has 176 valence electrons. The quantitative estimate of drug-likeness (QED) is 0.610. The highest BCUT2D eigenvalue weighted by atomic mass is 32.3. The van der Waals surface area contributed by atoms with Gasteiger partial charge in [-0.05, 0) is 51.3 Å². The molecule has 2 saturated heterocycles. The lowest BCUT2D eigenvalue weighted by atomic mass is 10.0. The Kier molecular flexibility index (Phi) is 8.06. The number of carbonyl (C=O) groups excluding carboxylic acids is 1. The van der Waals surface area contributed by atoms with Crippen LogP contribution in [0.25, 0.3) is 0 Å². The first-order chi connectivity index (χ1) is 14.6. The summed E-state index contributed by atoms with van der Waals surface area (Å²) in [5.41, 5.74) is 0.499. The van der Waals surface area contributed by atoms with E-state index in [0.717, 1.165) is 24.2 Å². The predicted octanol–water partition coefficient (Wildman–Crippen LogP) is 4.19. The highest BCUT2D eigenvalue weighted by molar-refractivity contribution is 8.16. The van der Waals surface area contributed by atoms with Gasteiger partial charge < -0.3 is 19.1 Å². The van der Waals surface area contributed by atoms with Crippen LogP contribution in [0.4, 0.5) is 4.79 Å². The number of hydrogen-bond acceptors (Lipinski definition) is 8. The van der Waals surface area contributed by atoms with Crippen molar-refractivity contribution in [1.29, 1.82) is 0 Å². The van der Waals surface area contributed by atoms with Crippen LogP contribution in [0, 0.1) is 0 Å². The van der Waals surface area contributed by atoms with Crippen LogP contribution in [-0.4, -0.2) is 71.3 Å². The Morgan fingerprint density at radius 3 is 2.29 bits per heavy atom. The lowest BCUT2D eigenvalue weighted by molar-refractivity contribution is -0.0177. The van der Waals surface area contributed by atoms with E-state index in [1.54, 1.807) is 4.90 Å². The molecular weight excluding hydrogens is 426 g/mol. The molecular formula is C21H33NO8S. The molecule has 2 aliphatic heterocycles. The largest absolute Gasteiger partial charge is 0.491 e. The van der Waals surface area contributed by atoms with Crippen molar-refractivity contribution in [2.75, 3.05) is 39.5 Å². The summed E-state index contributed by atoms with van der Waals surface area (Å²) in [6.07, 6.45) is 1.41. The van der Waals surface area contributed by atoms with Crippen molar-refractivity contribution in [3.63, 3.8) is 0 Å². The van der Waals surface area contributed by atoms with Gasteiger partial charge in [-0.3, -0.25) is 17.5 Å². The molecule has 2 heterocycles. The van der Waals surface area contributed by atoms with E-state index in [2.05, 4.69) is 0 Å². The fourth-order valence-electron chi connectivity index (χ4n) is 3.36. The molecule has 3 rings (SSSR count). The monoisotopic (exact) mass is 459 g/mol. The van der Waals surface area contributed by atoms with Gasteiger partial charge in [-0.1, -0.05) is 12.1 Å². The molecule has 1 aromatic carbocycles. The number of amides is 1. The van der Waals surface area contributed by atoms with Gasteiger partial charge in [-0.15, -0.1) is 0 Å². The predicted molar refractivity (Wildman–Crippen MR) is 116 cm³/mol. The van der Waals surface area contributed by atoms with E-state index in [-0.39, 0.29) is 31.3 Å². The number of ether oxygens (including phenoxy) is 3. The highest BCUT2D eigenvalue weighted by Crippen LogP contribution is 2.46. The second-order valence-electron chi connectivity index (χ2n) is 8.67. The van der Waals surface area contributed by atoms with Crippen LogP contribution in [0.3, 0.4) is 0 Å². The first-order valence-electron chi connectivity index (χ1n) is 10.5. The number of piperidine rings is 1. The Labute approximate surface area is 185 Å². The maximum Gasteiger partial charge on any atom is 0.410 e. The van der Waals surface area contributed by atoms with E-state index in [4.69, 9.17) is 22.6 Å². The van der Waals surface area contributed by atoms with E-state index < -0.39 is 16.8 Å². The summed E-state index contributed by atoms with van der Waals surface area (Å²) in [6.45, 7) is 8.16. The minimum Gasteiger partial charge on any atom is -0.491 e. The number of carbonyl (C=O) groups is 1. The number of hydrogen-bond donors (Lipinski definition) is 2. The Morgan fingerprint density at radius 2 is 1.71 bits per heavy atom. The molecule has 2 aliphatic rings. The topological polar surface area (TPSA) is 107 Å². The normalized spacial score (nSPS) is 21.5. The Balaban J connectivity index is 1.31. The second kappa shape index (κ2) is 10.4. The van der Waals surface area contributed by atoms with Gasteiger partial charge in [0.15, 0.2) is 0 Å². The van der Waals surface area contributed by atoms with E-state index >= 15 is 0 Å². The second-order valence-corrected chi connectivity index (χ2v) is 10.0. The van der Waals surface area contributed by atoms with Crippen LogP contribution < -0.4 is 4.74 Å². The molecule has 0 radical (unpaired) electrons. The van der Waals surface area contributed by atoms with Crippen molar-refractivity contribution in [3.8, 4) is 5.75 Å². The standard InChI is InChI=1S/C21H33NO8S/c1-21(2,3)30-20(23)22-10-8-19(9-11-22)27-13-12-26-18-6-4-16(5-7-18)17-14-28-31(24,25)29-15-17/h4-7,17,19,24-25H,8-15H2,1-3H3. The lowest BCUT2D eigenvalue weighted by Crippen LogP contribution is -2.43. The first-order valence-corrected chi connectivity index (χ1v) is 11.9. The first kappa shape index (κ1) is 24.1. The van der Waals surface area contributed by atoms with Gasteiger partial charge in [0.25, 0.3) is 0 Å². The molecule has 0 unspecified atom stereocenters. The summed E-state index contributed by atoms with van der Waals surface area (Å²) in [7, 11) is 0. The number of likely N-dealkylation sites (tertiary alicyclic amines) is 1. The van der Waals surface area contributed by atoms with Gasteiger partial charge in [0.05, 0.1) is 25.9 Å². The molecule has 0 atom stereocenters. The van der Waals surface area contributed by atoms with Crippen LogP contribution in [0.2, 0.25) is 0 Å². The molecule has 1 amide bonds. The molecule has 1 aromatic rings. The van der Waals surface area contributed by atoms with Gasteiger partial charge in [0.2, 0.25) is 11.2 Å². The van der Waals surface area contributed by atoms with E-state index in [9.17, 15) is 13.9 Å². The average Bonchev–Trinajstić information content (AvgIpc) is 2.71. The molecule has 0 spiro atoms. The van der Waals surface area contributed by atoms with Crippen molar-refractivity contribution in [2.24, 2.45) is 0 Å². The van der Waals surface area contributed by atoms with Crippen molar-refractivity contribution >= 4 is 17.2 Å². The van der Waals surface area contributed by atoms with Gasteiger partial charge in [-0.25, -0.2) is 4.79 Å². The minimum absolute atomic E-state index is 0.0520. The summed E-state index contributed by atoms with van der Waals surface area (Å²) in [6, 6.07) is 7.55. The van der Waals surface area contributed by atoms with Gasteiger partial charge in [0.1, 0.15) is 18.0 Å². The highest BCUT2D eigenvalue weighted by Gasteiger charge is 2.30. The molecule has 9 nitrogen and oxygen atoms in total. The van der Waals surface area contributed by atoms with E-state index in [0.29, 0.717) is 26.3 Å². The molecule has 0 aliphatic carbocycles. The number of nitrogens with zero attached hydrogens (tertiary/aromatic N) is 1. The van der Waals surface area contributed by atoms with Crippen LogP contribution in [0.1, 0.15) is 45.1 Å². The molecule has 2 fully saturated rings. The van der Waals surface area contributed by atoms with Crippen molar-refractivity contribution in [3.05, 3.63) is 29.8 Å². The third-order valence-electron chi connectivity index (χ3n) is 5.00. The van der Waals surface area contributed by atoms with Crippen molar-refractivity contribution in [2.45, 2.75) is 51.2 Å². The fraction of sp³-hybridized carbons (Fsp3) is 0.667. The van der Waals surface area contributed by atoms with Gasteiger partial charge >= 0.3 is 6.09 Å². The van der Waals surface area contributed by atoms with Crippen LogP contribution in [0.5, 0.6) is 5.75 Å². The van der Waals surface area contributed by atoms with Gasteiger partial charge in [0, 0.05) is 19.0 Å². The maximum atomic E-state index is 12.1. The van der Waals surface area contributed by atoms with Crippen molar-refractivity contribution < 1.29 is 36.5 Å².